The average molecular weight is 210 g/mol. The Morgan fingerprint density at radius 1 is 1.42 bits per heavy atom. The van der Waals surface area contributed by atoms with Gasteiger partial charge in [-0.05, 0) is 44.5 Å². The minimum atomic E-state index is 0.663. The molecule has 0 rings (SSSR count). The lowest BCUT2D eigenvalue weighted by atomic mass is 10.3. The van der Waals surface area contributed by atoms with Crippen molar-refractivity contribution in [2.24, 2.45) is 5.92 Å². The van der Waals surface area contributed by atoms with E-state index in [9.17, 15) is 0 Å². The van der Waals surface area contributed by atoms with Crippen LogP contribution in [0.1, 0.15) is 13.3 Å². The lowest BCUT2D eigenvalue weighted by molar-refractivity contribution is 0.410. The number of hydrogen-bond acceptors (Lipinski definition) is 2. The van der Waals surface area contributed by atoms with Gasteiger partial charge in [0.2, 0.25) is 0 Å². The number of thioether (sulfide) groups is 1. The summed E-state index contributed by atoms with van der Waals surface area (Å²) in [5.74, 6) is 3.92. The third-order valence-electron chi connectivity index (χ3n) is 1.56. The third-order valence-corrected chi connectivity index (χ3v) is 3.47. The molecule has 0 spiro atoms. The molecule has 0 fully saturated rings. The zero-order valence-electron chi connectivity index (χ0n) is 8.35. The number of hydrogen-bond donors (Lipinski definition) is 0. The monoisotopic (exact) mass is 209 g/mol. The summed E-state index contributed by atoms with van der Waals surface area (Å²) in [6.07, 6.45) is 1.28. The fourth-order valence-electron chi connectivity index (χ4n) is 0.812. The SMILES string of the molecule is CC(CCl)CSCCCN(C)C. The Hall–Kier alpha value is 0.600. The van der Waals surface area contributed by atoms with Gasteiger partial charge in [-0.3, -0.25) is 0 Å². The molecule has 0 aromatic carbocycles. The van der Waals surface area contributed by atoms with E-state index in [1.165, 1.54) is 24.5 Å². The molecule has 0 saturated heterocycles. The molecule has 1 atom stereocenters. The van der Waals surface area contributed by atoms with Gasteiger partial charge in [-0.1, -0.05) is 6.92 Å². The first-order chi connectivity index (χ1) is 5.66. The van der Waals surface area contributed by atoms with Gasteiger partial charge in [0.1, 0.15) is 0 Å². The minimum absolute atomic E-state index is 0.663. The Labute approximate surface area is 85.8 Å². The van der Waals surface area contributed by atoms with Crippen molar-refractivity contribution in [2.45, 2.75) is 13.3 Å². The molecule has 0 aliphatic rings. The molecular formula is C9H20ClNS. The van der Waals surface area contributed by atoms with Gasteiger partial charge in [0.15, 0.2) is 0 Å². The Bertz CT molecular complexity index is 98.5. The Morgan fingerprint density at radius 3 is 2.58 bits per heavy atom. The highest BCUT2D eigenvalue weighted by atomic mass is 35.5. The van der Waals surface area contributed by atoms with Crippen LogP contribution in [0.5, 0.6) is 0 Å². The van der Waals surface area contributed by atoms with Crippen LogP contribution in [0, 0.1) is 5.92 Å². The van der Waals surface area contributed by atoms with Crippen LogP contribution in [0.25, 0.3) is 0 Å². The molecule has 0 saturated carbocycles. The quantitative estimate of drug-likeness (QED) is 0.469. The van der Waals surface area contributed by atoms with Crippen molar-refractivity contribution in [1.82, 2.24) is 4.90 Å². The zero-order chi connectivity index (χ0) is 9.40. The van der Waals surface area contributed by atoms with Crippen molar-refractivity contribution in [3.63, 3.8) is 0 Å². The van der Waals surface area contributed by atoms with Crippen molar-refractivity contribution in [2.75, 3.05) is 38.0 Å². The van der Waals surface area contributed by atoms with E-state index < -0.39 is 0 Å². The molecule has 1 unspecified atom stereocenters. The molecule has 0 amide bonds. The zero-order valence-corrected chi connectivity index (χ0v) is 9.92. The Balaban J connectivity index is 3.00. The molecule has 0 N–H and O–H groups in total. The van der Waals surface area contributed by atoms with E-state index in [4.69, 9.17) is 11.6 Å². The largest absolute Gasteiger partial charge is 0.309 e. The average Bonchev–Trinajstić information content (AvgIpc) is 2.03. The smallest absolute Gasteiger partial charge is 0.0257 e. The molecule has 0 bridgehead atoms. The maximum Gasteiger partial charge on any atom is 0.0257 e. The predicted octanol–water partition coefficient (Wildman–Crippen LogP) is 2.55. The standard InChI is InChI=1S/C9H20ClNS/c1-9(7-10)8-12-6-4-5-11(2)3/h9H,4-8H2,1-3H3. The lowest BCUT2D eigenvalue weighted by Crippen LogP contribution is -2.13. The van der Waals surface area contributed by atoms with Crippen LogP contribution in [0.15, 0.2) is 0 Å². The van der Waals surface area contributed by atoms with Crippen LogP contribution >= 0.6 is 23.4 Å². The van der Waals surface area contributed by atoms with Crippen LogP contribution in [-0.2, 0) is 0 Å². The van der Waals surface area contributed by atoms with Crippen LogP contribution in [0.4, 0.5) is 0 Å². The second kappa shape index (κ2) is 8.21. The summed E-state index contributed by atoms with van der Waals surface area (Å²) in [7, 11) is 4.23. The lowest BCUT2D eigenvalue weighted by Gasteiger charge is -2.09. The van der Waals surface area contributed by atoms with Crippen LogP contribution in [-0.4, -0.2) is 42.9 Å². The summed E-state index contributed by atoms with van der Waals surface area (Å²) in [5.41, 5.74) is 0. The van der Waals surface area contributed by atoms with Crippen LogP contribution < -0.4 is 0 Å². The van der Waals surface area contributed by atoms with E-state index >= 15 is 0 Å². The fourth-order valence-corrected chi connectivity index (χ4v) is 2.07. The molecule has 0 aliphatic heterocycles. The highest BCUT2D eigenvalue weighted by Gasteiger charge is 1.99. The Kier molecular flexibility index (Phi) is 8.62. The van der Waals surface area contributed by atoms with Crippen molar-refractivity contribution in [3.8, 4) is 0 Å². The van der Waals surface area contributed by atoms with E-state index in [1.807, 2.05) is 11.8 Å². The van der Waals surface area contributed by atoms with Crippen LogP contribution in [0.3, 0.4) is 0 Å². The van der Waals surface area contributed by atoms with Gasteiger partial charge in [0.05, 0.1) is 0 Å². The van der Waals surface area contributed by atoms with Crippen molar-refractivity contribution >= 4 is 23.4 Å². The van der Waals surface area contributed by atoms with Gasteiger partial charge in [0.25, 0.3) is 0 Å². The molecule has 0 aliphatic carbocycles. The molecule has 0 aromatic rings. The second-order valence-corrected chi connectivity index (χ2v) is 4.95. The highest BCUT2D eigenvalue weighted by Crippen LogP contribution is 2.10. The topological polar surface area (TPSA) is 3.24 Å². The van der Waals surface area contributed by atoms with E-state index in [2.05, 4.69) is 25.9 Å². The molecule has 3 heteroatoms. The molecule has 0 radical (unpaired) electrons. The number of nitrogens with zero attached hydrogens (tertiary/aromatic N) is 1. The van der Waals surface area contributed by atoms with Gasteiger partial charge in [-0.15, -0.1) is 11.6 Å². The summed E-state index contributed by atoms with van der Waals surface area (Å²) >= 11 is 7.71. The number of rotatable bonds is 7. The first-order valence-corrected chi connectivity index (χ1v) is 6.14. The van der Waals surface area contributed by atoms with Gasteiger partial charge >= 0.3 is 0 Å². The summed E-state index contributed by atoms with van der Waals surface area (Å²) in [6.45, 7) is 3.40. The molecule has 0 aromatic heterocycles. The molecule has 74 valence electrons. The highest BCUT2D eigenvalue weighted by molar-refractivity contribution is 7.99. The summed E-state index contributed by atoms with van der Waals surface area (Å²) < 4.78 is 0. The number of halogens is 1. The first kappa shape index (κ1) is 12.6. The van der Waals surface area contributed by atoms with Crippen molar-refractivity contribution in [1.29, 1.82) is 0 Å². The van der Waals surface area contributed by atoms with Gasteiger partial charge in [-0.2, -0.15) is 11.8 Å². The van der Waals surface area contributed by atoms with E-state index in [0.717, 1.165) is 5.88 Å². The number of alkyl halides is 1. The van der Waals surface area contributed by atoms with E-state index in [1.54, 1.807) is 0 Å². The molecule has 1 nitrogen and oxygen atoms in total. The Morgan fingerprint density at radius 2 is 2.08 bits per heavy atom. The molecule has 0 heterocycles. The van der Waals surface area contributed by atoms with Crippen molar-refractivity contribution in [3.05, 3.63) is 0 Å². The molecule has 12 heavy (non-hydrogen) atoms. The predicted molar refractivity (Wildman–Crippen MR) is 60.4 cm³/mol. The minimum Gasteiger partial charge on any atom is -0.309 e. The second-order valence-electron chi connectivity index (χ2n) is 3.49. The molecular weight excluding hydrogens is 190 g/mol. The van der Waals surface area contributed by atoms with E-state index in [0.29, 0.717) is 5.92 Å². The van der Waals surface area contributed by atoms with Gasteiger partial charge in [-0.25, -0.2) is 0 Å². The first-order valence-electron chi connectivity index (χ1n) is 4.45. The van der Waals surface area contributed by atoms with Gasteiger partial charge in [0, 0.05) is 5.88 Å². The van der Waals surface area contributed by atoms with Crippen LogP contribution in [0.2, 0.25) is 0 Å². The van der Waals surface area contributed by atoms with Gasteiger partial charge < -0.3 is 4.90 Å². The maximum absolute atomic E-state index is 5.69. The maximum atomic E-state index is 5.69. The summed E-state index contributed by atoms with van der Waals surface area (Å²) in [6, 6.07) is 0. The summed E-state index contributed by atoms with van der Waals surface area (Å²) in [5, 5.41) is 0. The van der Waals surface area contributed by atoms with Crippen molar-refractivity contribution < 1.29 is 0 Å². The normalized spacial score (nSPS) is 13.8. The summed E-state index contributed by atoms with van der Waals surface area (Å²) in [4.78, 5) is 2.23. The fraction of sp³-hybridized carbons (Fsp3) is 1.00. The third kappa shape index (κ3) is 8.69. The van der Waals surface area contributed by atoms with E-state index in [-0.39, 0.29) is 0 Å².